The largest absolute Gasteiger partial charge is 0.388 e. The maximum absolute atomic E-state index is 9.42. The van der Waals surface area contributed by atoms with Gasteiger partial charge in [0.1, 0.15) is 12.2 Å². The van der Waals surface area contributed by atoms with Gasteiger partial charge >= 0.3 is 0 Å². The Hall–Kier alpha value is -0.120. The lowest BCUT2D eigenvalue weighted by molar-refractivity contribution is -0.0115. The molecule has 3 nitrogen and oxygen atoms in total. The molecular weight excluding hydrogens is 144 g/mol. The van der Waals surface area contributed by atoms with Crippen LogP contribution in [0.2, 0.25) is 0 Å². The Morgan fingerprint density at radius 1 is 1.18 bits per heavy atom. The quantitative estimate of drug-likeness (QED) is 0.574. The van der Waals surface area contributed by atoms with Crippen LogP contribution in [0.15, 0.2) is 0 Å². The first kappa shape index (κ1) is 8.97. The van der Waals surface area contributed by atoms with Gasteiger partial charge in [-0.1, -0.05) is 13.8 Å². The van der Waals surface area contributed by atoms with Crippen molar-refractivity contribution in [1.29, 1.82) is 0 Å². The maximum Gasteiger partial charge on any atom is 0.109 e. The molecule has 0 aromatic heterocycles. The van der Waals surface area contributed by atoms with Crippen molar-refractivity contribution in [3.05, 3.63) is 0 Å². The normalized spacial score (nSPS) is 45.3. The second-order valence-corrected chi connectivity index (χ2v) is 3.53. The van der Waals surface area contributed by atoms with E-state index in [0.29, 0.717) is 0 Å². The number of hydrogen-bond acceptors (Lipinski definition) is 3. The Labute approximate surface area is 67.0 Å². The van der Waals surface area contributed by atoms with E-state index in [1.165, 1.54) is 0 Å². The van der Waals surface area contributed by atoms with Gasteiger partial charge in [0.25, 0.3) is 0 Å². The van der Waals surface area contributed by atoms with Gasteiger partial charge in [0.05, 0.1) is 12.2 Å². The summed E-state index contributed by atoms with van der Waals surface area (Å²) in [5, 5.41) is 18.7. The summed E-state index contributed by atoms with van der Waals surface area (Å²) in [6, 6.07) is 0. The lowest BCUT2D eigenvalue weighted by Crippen LogP contribution is -2.33. The average molecular weight is 160 g/mol. The van der Waals surface area contributed by atoms with Crippen molar-refractivity contribution in [2.75, 3.05) is 0 Å². The van der Waals surface area contributed by atoms with Crippen LogP contribution in [0.5, 0.6) is 0 Å². The zero-order valence-electron chi connectivity index (χ0n) is 7.19. The molecular formula is C8H16O3. The van der Waals surface area contributed by atoms with E-state index in [4.69, 9.17) is 4.74 Å². The number of hydrogen-bond donors (Lipinski definition) is 2. The van der Waals surface area contributed by atoms with Crippen LogP contribution in [0, 0.1) is 5.92 Å². The Kier molecular flexibility index (Phi) is 2.52. The van der Waals surface area contributed by atoms with E-state index in [1.807, 2.05) is 13.8 Å². The van der Waals surface area contributed by atoms with Gasteiger partial charge in [0, 0.05) is 0 Å². The number of ether oxygens (including phenoxy) is 1. The minimum Gasteiger partial charge on any atom is -0.388 e. The third-order valence-electron chi connectivity index (χ3n) is 2.20. The highest BCUT2D eigenvalue weighted by Gasteiger charge is 2.41. The maximum atomic E-state index is 9.42. The van der Waals surface area contributed by atoms with Gasteiger partial charge in [-0.05, 0) is 12.8 Å². The second-order valence-electron chi connectivity index (χ2n) is 3.53. The first-order valence-corrected chi connectivity index (χ1v) is 4.05. The van der Waals surface area contributed by atoms with Gasteiger partial charge < -0.3 is 14.9 Å². The minimum absolute atomic E-state index is 0.208. The van der Waals surface area contributed by atoms with Gasteiger partial charge in [-0.3, -0.25) is 0 Å². The van der Waals surface area contributed by atoms with Crippen molar-refractivity contribution in [1.82, 2.24) is 0 Å². The summed E-state index contributed by atoms with van der Waals surface area (Å²) in [5.41, 5.74) is 0. The molecule has 1 saturated heterocycles. The van der Waals surface area contributed by atoms with E-state index in [1.54, 1.807) is 6.92 Å². The standard InChI is InChI=1S/C8H16O3/c1-4(2)8-7(10)6(9)5(3)11-8/h4-10H,1-3H3. The molecule has 0 aromatic rings. The summed E-state index contributed by atoms with van der Waals surface area (Å²) in [7, 11) is 0. The van der Waals surface area contributed by atoms with E-state index in [0.717, 1.165) is 0 Å². The lowest BCUT2D eigenvalue weighted by Gasteiger charge is -2.17. The zero-order valence-corrected chi connectivity index (χ0v) is 7.19. The molecule has 4 unspecified atom stereocenters. The van der Waals surface area contributed by atoms with Crippen LogP contribution >= 0.6 is 0 Å². The lowest BCUT2D eigenvalue weighted by atomic mass is 10.00. The SMILES string of the molecule is CC(C)C1OC(C)C(O)C1O. The molecule has 0 amide bonds. The third kappa shape index (κ3) is 1.55. The second kappa shape index (κ2) is 3.09. The van der Waals surface area contributed by atoms with E-state index in [-0.39, 0.29) is 18.1 Å². The molecule has 11 heavy (non-hydrogen) atoms. The summed E-state index contributed by atoms with van der Waals surface area (Å²) in [6.07, 6.45) is -1.88. The highest BCUT2D eigenvalue weighted by Crippen LogP contribution is 2.25. The van der Waals surface area contributed by atoms with Gasteiger partial charge in [-0.25, -0.2) is 0 Å². The van der Waals surface area contributed by atoms with Crippen LogP contribution in [0.3, 0.4) is 0 Å². The fourth-order valence-corrected chi connectivity index (χ4v) is 1.43. The minimum atomic E-state index is -0.720. The molecule has 2 N–H and O–H groups in total. The van der Waals surface area contributed by atoms with Crippen molar-refractivity contribution < 1.29 is 14.9 Å². The predicted octanol–water partition coefficient (Wildman–Crippen LogP) is 0.152. The van der Waals surface area contributed by atoms with Crippen LogP contribution in [0.1, 0.15) is 20.8 Å². The monoisotopic (exact) mass is 160 g/mol. The Morgan fingerprint density at radius 2 is 1.73 bits per heavy atom. The van der Waals surface area contributed by atoms with Crippen LogP contribution in [0.4, 0.5) is 0 Å². The van der Waals surface area contributed by atoms with Crippen LogP contribution in [0.25, 0.3) is 0 Å². The van der Waals surface area contributed by atoms with Crippen LogP contribution in [-0.4, -0.2) is 34.6 Å². The van der Waals surface area contributed by atoms with Gasteiger partial charge in [0.2, 0.25) is 0 Å². The summed E-state index contributed by atoms with van der Waals surface area (Å²) >= 11 is 0. The molecule has 66 valence electrons. The summed E-state index contributed by atoms with van der Waals surface area (Å²) < 4.78 is 5.35. The smallest absolute Gasteiger partial charge is 0.109 e. The third-order valence-corrected chi connectivity index (χ3v) is 2.20. The van der Waals surface area contributed by atoms with Gasteiger partial charge in [0.15, 0.2) is 0 Å². The van der Waals surface area contributed by atoms with Crippen LogP contribution in [-0.2, 0) is 4.74 Å². The number of aliphatic hydroxyl groups excluding tert-OH is 2. The van der Waals surface area contributed by atoms with Crippen molar-refractivity contribution in [2.45, 2.75) is 45.2 Å². The Balaban J connectivity index is 2.59. The molecule has 0 aromatic carbocycles. The molecule has 1 aliphatic rings. The first-order valence-electron chi connectivity index (χ1n) is 4.05. The zero-order chi connectivity index (χ0) is 8.59. The molecule has 4 atom stereocenters. The van der Waals surface area contributed by atoms with Crippen molar-refractivity contribution in [2.24, 2.45) is 5.92 Å². The van der Waals surface area contributed by atoms with Crippen molar-refractivity contribution >= 4 is 0 Å². The topological polar surface area (TPSA) is 49.7 Å². The summed E-state index contributed by atoms with van der Waals surface area (Å²) in [4.78, 5) is 0. The molecule has 0 radical (unpaired) electrons. The molecule has 0 saturated carbocycles. The van der Waals surface area contributed by atoms with E-state index in [2.05, 4.69) is 0 Å². The molecule has 0 spiro atoms. The van der Waals surface area contributed by atoms with Gasteiger partial charge in [-0.15, -0.1) is 0 Å². The summed E-state index contributed by atoms with van der Waals surface area (Å²) in [6.45, 7) is 5.72. The highest BCUT2D eigenvalue weighted by atomic mass is 16.5. The fourth-order valence-electron chi connectivity index (χ4n) is 1.43. The van der Waals surface area contributed by atoms with Crippen molar-refractivity contribution in [3.63, 3.8) is 0 Å². The van der Waals surface area contributed by atoms with Gasteiger partial charge in [-0.2, -0.15) is 0 Å². The fraction of sp³-hybridized carbons (Fsp3) is 1.00. The van der Waals surface area contributed by atoms with Crippen molar-refractivity contribution in [3.8, 4) is 0 Å². The highest BCUT2D eigenvalue weighted by molar-refractivity contribution is 4.89. The molecule has 1 aliphatic heterocycles. The Bertz CT molecular complexity index is 135. The van der Waals surface area contributed by atoms with E-state index in [9.17, 15) is 10.2 Å². The molecule has 3 heteroatoms. The number of aliphatic hydroxyl groups is 2. The molecule has 0 aliphatic carbocycles. The summed E-state index contributed by atoms with van der Waals surface area (Å²) in [5.74, 6) is 0.254. The molecule has 0 bridgehead atoms. The van der Waals surface area contributed by atoms with E-state index >= 15 is 0 Å². The molecule has 1 heterocycles. The first-order chi connectivity index (χ1) is 5.04. The molecule has 1 fully saturated rings. The predicted molar refractivity (Wildman–Crippen MR) is 41.2 cm³/mol. The molecule has 1 rings (SSSR count). The number of rotatable bonds is 1. The van der Waals surface area contributed by atoms with Crippen LogP contribution < -0.4 is 0 Å². The van der Waals surface area contributed by atoms with E-state index < -0.39 is 12.2 Å². The Morgan fingerprint density at radius 3 is 1.91 bits per heavy atom. The average Bonchev–Trinajstić information content (AvgIpc) is 2.17.